The second-order valence-corrected chi connectivity index (χ2v) is 7.17. The zero-order valence-corrected chi connectivity index (χ0v) is 16.8. The number of pyridine rings is 1. The summed E-state index contributed by atoms with van der Waals surface area (Å²) in [6.45, 7) is 4.74. The van der Waals surface area contributed by atoms with Crippen LogP contribution in [0.3, 0.4) is 0 Å². The van der Waals surface area contributed by atoms with Crippen LogP contribution in [0.15, 0.2) is 47.0 Å². The van der Waals surface area contributed by atoms with Crippen LogP contribution >= 0.6 is 0 Å². The molecule has 0 bridgehead atoms. The maximum absolute atomic E-state index is 12.8. The van der Waals surface area contributed by atoms with Gasteiger partial charge in [0, 0.05) is 30.8 Å². The molecule has 8 nitrogen and oxygen atoms in total. The minimum absolute atomic E-state index is 0.193. The number of aromatic nitrogens is 2. The van der Waals surface area contributed by atoms with Gasteiger partial charge in [0.15, 0.2) is 5.89 Å². The first-order chi connectivity index (χ1) is 14.4. The standard InChI is InChI=1S/C22H22N4O4/c1-13-20(30-14(2)25-13)22(28)26-8-9-29-19(12-26)18-7-6-17(11-24-18)15-4-3-5-16(10-15)21(23)27/h3-7,10-11,19H,8-9,12H2,1-2H3,(H2,23,27)/t19-/m0/s1. The van der Waals surface area contributed by atoms with Crippen LogP contribution in [0.2, 0.25) is 0 Å². The van der Waals surface area contributed by atoms with Gasteiger partial charge in [0.25, 0.3) is 5.91 Å². The van der Waals surface area contributed by atoms with Crippen LogP contribution in [0.5, 0.6) is 0 Å². The average molecular weight is 406 g/mol. The van der Waals surface area contributed by atoms with E-state index < -0.39 is 5.91 Å². The van der Waals surface area contributed by atoms with Crippen LogP contribution in [-0.2, 0) is 4.74 Å². The van der Waals surface area contributed by atoms with Gasteiger partial charge in [0.1, 0.15) is 6.10 Å². The highest BCUT2D eigenvalue weighted by molar-refractivity contribution is 5.94. The van der Waals surface area contributed by atoms with Crippen LogP contribution in [-0.4, -0.2) is 46.4 Å². The highest BCUT2D eigenvalue weighted by Crippen LogP contribution is 2.26. The topological polar surface area (TPSA) is 112 Å². The summed E-state index contributed by atoms with van der Waals surface area (Å²) >= 11 is 0. The van der Waals surface area contributed by atoms with E-state index in [-0.39, 0.29) is 17.8 Å². The molecule has 0 radical (unpaired) electrons. The first kappa shape index (κ1) is 19.8. The Bertz CT molecular complexity index is 1090. The highest BCUT2D eigenvalue weighted by Gasteiger charge is 2.29. The predicted octanol–water partition coefficient (Wildman–Crippen LogP) is 2.67. The molecule has 154 valence electrons. The fourth-order valence-electron chi connectivity index (χ4n) is 3.50. The normalized spacial score (nSPS) is 16.5. The third kappa shape index (κ3) is 3.95. The molecule has 0 unspecified atom stereocenters. The number of morpholine rings is 1. The minimum Gasteiger partial charge on any atom is -0.436 e. The quantitative estimate of drug-likeness (QED) is 0.713. The van der Waals surface area contributed by atoms with Crippen LogP contribution < -0.4 is 5.73 Å². The number of benzene rings is 1. The maximum atomic E-state index is 12.8. The molecular formula is C22H22N4O4. The molecule has 1 atom stereocenters. The second-order valence-electron chi connectivity index (χ2n) is 7.17. The van der Waals surface area contributed by atoms with E-state index in [9.17, 15) is 9.59 Å². The fraction of sp³-hybridized carbons (Fsp3) is 0.273. The van der Waals surface area contributed by atoms with Crippen LogP contribution in [0.1, 0.15) is 44.3 Å². The summed E-state index contributed by atoms with van der Waals surface area (Å²) in [5.41, 5.74) is 8.83. The van der Waals surface area contributed by atoms with E-state index in [1.165, 1.54) is 0 Å². The van der Waals surface area contributed by atoms with E-state index in [0.29, 0.717) is 36.8 Å². The molecule has 3 heterocycles. The Morgan fingerprint density at radius 3 is 2.67 bits per heavy atom. The molecule has 1 aliphatic rings. The molecule has 8 heteroatoms. The zero-order chi connectivity index (χ0) is 21.3. The third-order valence-corrected chi connectivity index (χ3v) is 5.05. The summed E-state index contributed by atoms with van der Waals surface area (Å²) in [4.78, 5) is 34.6. The predicted molar refractivity (Wildman–Crippen MR) is 109 cm³/mol. The minimum atomic E-state index is -0.473. The van der Waals surface area contributed by atoms with Crippen molar-refractivity contribution in [1.82, 2.24) is 14.9 Å². The van der Waals surface area contributed by atoms with Gasteiger partial charge in [-0.25, -0.2) is 4.98 Å². The first-order valence-electron chi connectivity index (χ1n) is 9.63. The van der Waals surface area contributed by atoms with Crippen molar-refractivity contribution in [3.05, 3.63) is 71.2 Å². The Kier molecular flexibility index (Phi) is 5.33. The summed E-state index contributed by atoms with van der Waals surface area (Å²) in [7, 11) is 0. The molecular weight excluding hydrogens is 384 g/mol. The van der Waals surface area contributed by atoms with Gasteiger partial charge >= 0.3 is 0 Å². The molecule has 30 heavy (non-hydrogen) atoms. The Labute approximate surface area is 173 Å². The molecule has 1 fully saturated rings. The van der Waals surface area contributed by atoms with E-state index in [2.05, 4.69) is 9.97 Å². The lowest BCUT2D eigenvalue weighted by Gasteiger charge is -2.32. The number of oxazole rings is 1. The van der Waals surface area contributed by atoms with Crippen molar-refractivity contribution in [2.24, 2.45) is 5.73 Å². The van der Waals surface area contributed by atoms with E-state index in [4.69, 9.17) is 14.9 Å². The van der Waals surface area contributed by atoms with Crippen molar-refractivity contribution < 1.29 is 18.7 Å². The molecule has 1 aromatic carbocycles. The van der Waals surface area contributed by atoms with Crippen molar-refractivity contribution in [2.45, 2.75) is 20.0 Å². The Hall–Kier alpha value is -3.52. The number of amides is 2. The summed E-state index contributed by atoms with van der Waals surface area (Å²) in [6.07, 6.45) is 1.39. The van der Waals surface area contributed by atoms with Gasteiger partial charge < -0.3 is 19.8 Å². The summed E-state index contributed by atoms with van der Waals surface area (Å²) in [6, 6.07) is 10.9. The molecule has 2 N–H and O–H groups in total. The number of hydrogen-bond acceptors (Lipinski definition) is 6. The molecule has 0 aliphatic carbocycles. The molecule has 0 spiro atoms. The van der Waals surface area contributed by atoms with E-state index in [1.807, 2.05) is 18.2 Å². The van der Waals surface area contributed by atoms with E-state index >= 15 is 0 Å². The number of ether oxygens (including phenoxy) is 1. The molecule has 1 aliphatic heterocycles. The maximum Gasteiger partial charge on any atom is 0.291 e. The van der Waals surface area contributed by atoms with Crippen LogP contribution in [0.4, 0.5) is 0 Å². The average Bonchev–Trinajstić information content (AvgIpc) is 3.11. The number of aryl methyl sites for hydroxylation is 2. The lowest BCUT2D eigenvalue weighted by molar-refractivity contribution is -0.0257. The second kappa shape index (κ2) is 8.08. The number of rotatable bonds is 4. The largest absolute Gasteiger partial charge is 0.436 e. The Balaban J connectivity index is 1.50. The lowest BCUT2D eigenvalue weighted by Crippen LogP contribution is -2.42. The first-order valence-corrected chi connectivity index (χ1v) is 9.63. The van der Waals surface area contributed by atoms with Gasteiger partial charge in [-0.15, -0.1) is 0 Å². The summed E-state index contributed by atoms with van der Waals surface area (Å²) in [5, 5.41) is 0. The highest BCUT2D eigenvalue weighted by atomic mass is 16.5. The van der Waals surface area contributed by atoms with E-state index in [1.54, 1.807) is 43.1 Å². The number of nitrogens with zero attached hydrogens (tertiary/aromatic N) is 3. The van der Waals surface area contributed by atoms with Crippen molar-refractivity contribution in [2.75, 3.05) is 19.7 Å². The van der Waals surface area contributed by atoms with Gasteiger partial charge in [-0.1, -0.05) is 18.2 Å². The summed E-state index contributed by atoms with van der Waals surface area (Å²) < 4.78 is 11.3. The van der Waals surface area contributed by atoms with Gasteiger partial charge in [-0.3, -0.25) is 14.6 Å². The third-order valence-electron chi connectivity index (χ3n) is 5.05. The van der Waals surface area contributed by atoms with Gasteiger partial charge in [0.2, 0.25) is 11.7 Å². The van der Waals surface area contributed by atoms with Gasteiger partial charge in [-0.2, -0.15) is 0 Å². The Morgan fingerprint density at radius 2 is 2.00 bits per heavy atom. The Morgan fingerprint density at radius 1 is 1.17 bits per heavy atom. The SMILES string of the molecule is Cc1nc(C)c(C(=O)N2CCO[C@H](c3ccc(-c4cccc(C(N)=O)c4)cn3)C2)o1. The van der Waals surface area contributed by atoms with Crippen LogP contribution in [0.25, 0.3) is 11.1 Å². The van der Waals surface area contributed by atoms with E-state index in [0.717, 1.165) is 16.8 Å². The molecule has 2 amide bonds. The smallest absolute Gasteiger partial charge is 0.291 e. The van der Waals surface area contributed by atoms with Crippen molar-refractivity contribution in [3.8, 4) is 11.1 Å². The van der Waals surface area contributed by atoms with Crippen molar-refractivity contribution in [3.63, 3.8) is 0 Å². The van der Waals surface area contributed by atoms with Gasteiger partial charge in [-0.05, 0) is 30.7 Å². The van der Waals surface area contributed by atoms with Crippen LogP contribution in [0, 0.1) is 13.8 Å². The molecule has 4 rings (SSSR count). The molecule has 0 saturated carbocycles. The lowest BCUT2D eigenvalue weighted by atomic mass is 10.0. The fourth-order valence-corrected chi connectivity index (χ4v) is 3.50. The number of carbonyl (C=O) groups is 2. The zero-order valence-electron chi connectivity index (χ0n) is 16.8. The molecule has 2 aromatic heterocycles. The number of nitrogens with two attached hydrogens (primary N) is 1. The number of primary amides is 1. The van der Waals surface area contributed by atoms with Crippen molar-refractivity contribution in [1.29, 1.82) is 0 Å². The molecule has 1 saturated heterocycles. The number of hydrogen-bond donors (Lipinski definition) is 1. The molecule has 3 aromatic rings. The number of carbonyl (C=O) groups excluding carboxylic acids is 2. The van der Waals surface area contributed by atoms with Crippen molar-refractivity contribution >= 4 is 11.8 Å². The summed E-state index contributed by atoms with van der Waals surface area (Å²) in [5.74, 6) is 0.0735. The monoisotopic (exact) mass is 406 g/mol. The van der Waals surface area contributed by atoms with Gasteiger partial charge in [0.05, 0.1) is 24.5 Å².